The number of ether oxygens (including phenoxy) is 1. The standard InChI is InChI=1S/C27H25N3O5/c1-2-35-22-13-11-19(12-14-22)18-7-9-20(10-8-18)25(31)17-21(27(33)34)15-16-30-26(32)23-5-3-4-6-24(23)28-29-30/h3-14,21H,2,15-17H2,1H3,(H,33,34)/t21-/m1/s1. The SMILES string of the molecule is CCOc1ccc(-c2ccc(C(=O)C[C@@H](CCn3nnc4ccccc4c3=O)C(=O)O)cc2)cc1. The van der Waals surface area contributed by atoms with Crippen LogP contribution in [0.3, 0.4) is 0 Å². The summed E-state index contributed by atoms with van der Waals surface area (Å²) in [4.78, 5) is 37.2. The van der Waals surface area contributed by atoms with Gasteiger partial charge in [-0.1, -0.05) is 53.7 Å². The van der Waals surface area contributed by atoms with Crippen molar-refractivity contribution in [3.63, 3.8) is 0 Å². The largest absolute Gasteiger partial charge is 0.494 e. The minimum Gasteiger partial charge on any atom is -0.494 e. The summed E-state index contributed by atoms with van der Waals surface area (Å²) < 4.78 is 6.61. The van der Waals surface area contributed by atoms with E-state index in [0.717, 1.165) is 21.6 Å². The van der Waals surface area contributed by atoms with Crippen molar-refractivity contribution in [3.8, 4) is 16.9 Å². The van der Waals surface area contributed by atoms with Gasteiger partial charge >= 0.3 is 5.97 Å². The van der Waals surface area contributed by atoms with E-state index in [1.54, 1.807) is 36.4 Å². The maximum absolute atomic E-state index is 12.8. The topological polar surface area (TPSA) is 111 Å². The lowest BCUT2D eigenvalue weighted by molar-refractivity contribution is -0.142. The Morgan fingerprint density at radius 1 is 0.971 bits per heavy atom. The van der Waals surface area contributed by atoms with E-state index in [4.69, 9.17) is 4.74 Å². The zero-order chi connectivity index (χ0) is 24.8. The lowest BCUT2D eigenvalue weighted by Gasteiger charge is -2.12. The second-order valence-electron chi connectivity index (χ2n) is 8.12. The Morgan fingerprint density at radius 3 is 2.29 bits per heavy atom. The van der Waals surface area contributed by atoms with E-state index in [9.17, 15) is 19.5 Å². The number of ketones is 1. The van der Waals surface area contributed by atoms with Crippen molar-refractivity contribution in [2.75, 3.05) is 6.61 Å². The van der Waals surface area contributed by atoms with Gasteiger partial charge in [0, 0.05) is 18.5 Å². The van der Waals surface area contributed by atoms with Gasteiger partial charge in [0.15, 0.2) is 5.78 Å². The molecule has 8 heteroatoms. The van der Waals surface area contributed by atoms with Gasteiger partial charge in [0.2, 0.25) is 0 Å². The number of benzene rings is 3. The predicted molar refractivity (Wildman–Crippen MR) is 132 cm³/mol. The lowest BCUT2D eigenvalue weighted by Crippen LogP contribution is -2.27. The summed E-state index contributed by atoms with van der Waals surface area (Å²) in [5.74, 6) is -1.52. The van der Waals surface area contributed by atoms with Crippen LogP contribution < -0.4 is 10.3 Å². The molecule has 0 aliphatic heterocycles. The van der Waals surface area contributed by atoms with Gasteiger partial charge in [-0.15, -0.1) is 5.10 Å². The molecule has 0 unspecified atom stereocenters. The Bertz CT molecular complexity index is 1400. The molecular formula is C27H25N3O5. The second-order valence-corrected chi connectivity index (χ2v) is 8.12. The lowest BCUT2D eigenvalue weighted by atomic mass is 9.94. The number of rotatable bonds is 10. The number of aromatic nitrogens is 3. The Balaban J connectivity index is 1.42. The number of hydrogen-bond donors (Lipinski definition) is 1. The molecule has 1 aromatic heterocycles. The Hall–Kier alpha value is -4.33. The molecule has 0 radical (unpaired) electrons. The minimum absolute atomic E-state index is 0.0532. The highest BCUT2D eigenvalue weighted by molar-refractivity contribution is 5.98. The summed E-state index contributed by atoms with van der Waals surface area (Å²) in [6, 6.07) is 21.6. The number of Topliss-reactive ketones (excluding diaryl/α,β-unsaturated/α-hetero) is 1. The van der Waals surface area contributed by atoms with E-state index < -0.39 is 11.9 Å². The molecule has 1 atom stereocenters. The van der Waals surface area contributed by atoms with E-state index in [-0.39, 0.29) is 30.7 Å². The summed E-state index contributed by atoms with van der Waals surface area (Å²) in [5.41, 5.74) is 2.50. The van der Waals surface area contributed by atoms with Crippen LogP contribution >= 0.6 is 0 Å². The fraction of sp³-hybridized carbons (Fsp3) is 0.222. The first kappa shape index (κ1) is 23.8. The van der Waals surface area contributed by atoms with Crippen LogP contribution in [0.5, 0.6) is 5.75 Å². The molecule has 35 heavy (non-hydrogen) atoms. The smallest absolute Gasteiger partial charge is 0.307 e. The Morgan fingerprint density at radius 2 is 1.63 bits per heavy atom. The third-order valence-electron chi connectivity index (χ3n) is 5.81. The fourth-order valence-corrected chi connectivity index (χ4v) is 3.86. The van der Waals surface area contributed by atoms with Crippen molar-refractivity contribution < 1.29 is 19.4 Å². The molecule has 0 aliphatic rings. The summed E-state index contributed by atoms with van der Waals surface area (Å²) in [6.07, 6.45) is -0.0915. The highest BCUT2D eigenvalue weighted by Crippen LogP contribution is 2.24. The molecule has 4 rings (SSSR count). The van der Waals surface area contributed by atoms with Gasteiger partial charge in [0.1, 0.15) is 11.3 Å². The first-order valence-corrected chi connectivity index (χ1v) is 11.4. The van der Waals surface area contributed by atoms with Crippen molar-refractivity contribution in [2.45, 2.75) is 26.3 Å². The van der Waals surface area contributed by atoms with Gasteiger partial charge in [-0.2, -0.15) is 0 Å². The maximum atomic E-state index is 12.8. The number of fused-ring (bicyclic) bond motifs is 1. The molecule has 0 saturated carbocycles. The molecule has 4 aromatic rings. The Labute approximate surface area is 201 Å². The number of carbonyl (C=O) groups excluding carboxylic acids is 1. The van der Waals surface area contributed by atoms with Crippen LogP contribution in [0.15, 0.2) is 77.6 Å². The fourth-order valence-electron chi connectivity index (χ4n) is 3.86. The molecule has 3 aromatic carbocycles. The van der Waals surface area contributed by atoms with Crippen molar-refractivity contribution in [3.05, 3.63) is 88.7 Å². The number of aryl methyl sites for hydroxylation is 1. The molecule has 0 saturated heterocycles. The number of aliphatic carboxylic acids is 1. The molecule has 0 aliphatic carbocycles. The maximum Gasteiger partial charge on any atom is 0.307 e. The second kappa shape index (κ2) is 10.7. The molecule has 0 bridgehead atoms. The molecule has 8 nitrogen and oxygen atoms in total. The summed E-state index contributed by atoms with van der Waals surface area (Å²) in [5, 5.41) is 18.0. The van der Waals surface area contributed by atoms with Crippen molar-refractivity contribution in [2.24, 2.45) is 5.92 Å². The third kappa shape index (κ3) is 5.60. The van der Waals surface area contributed by atoms with E-state index >= 15 is 0 Å². The van der Waals surface area contributed by atoms with Crippen LogP contribution in [0.4, 0.5) is 0 Å². The summed E-state index contributed by atoms with van der Waals surface area (Å²) in [7, 11) is 0. The number of nitrogens with zero attached hydrogens (tertiary/aromatic N) is 3. The molecule has 1 N–H and O–H groups in total. The van der Waals surface area contributed by atoms with Crippen LogP contribution in [0.1, 0.15) is 30.1 Å². The van der Waals surface area contributed by atoms with E-state index in [1.807, 2.05) is 43.3 Å². The monoisotopic (exact) mass is 471 g/mol. The van der Waals surface area contributed by atoms with Gasteiger partial charge in [0.05, 0.1) is 17.9 Å². The van der Waals surface area contributed by atoms with E-state index in [0.29, 0.717) is 23.1 Å². The van der Waals surface area contributed by atoms with Crippen molar-refractivity contribution >= 4 is 22.7 Å². The number of carbonyl (C=O) groups is 2. The number of carboxylic acid groups (broad SMARTS) is 1. The van der Waals surface area contributed by atoms with Gasteiger partial charge in [-0.3, -0.25) is 14.4 Å². The molecular weight excluding hydrogens is 446 g/mol. The number of carboxylic acids is 1. The van der Waals surface area contributed by atoms with Crippen LogP contribution in [-0.2, 0) is 11.3 Å². The van der Waals surface area contributed by atoms with Crippen LogP contribution in [0.25, 0.3) is 22.0 Å². The quantitative estimate of drug-likeness (QED) is 0.345. The highest BCUT2D eigenvalue weighted by Gasteiger charge is 2.22. The minimum atomic E-state index is -1.09. The van der Waals surface area contributed by atoms with Gasteiger partial charge in [0.25, 0.3) is 5.56 Å². The van der Waals surface area contributed by atoms with Gasteiger partial charge in [-0.05, 0) is 48.7 Å². The van der Waals surface area contributed by atoms with Crippen molar-refractivity contribution in [1.29, 1.82) is 0 Å². The van der Waals surface area contributed by atoms with Gasteiger partial charge in [-0.25, -0.2) is 4.68 Å². The molecule has 1 heterocycles. The van der Waals surface area contributed by atoms with E-state index in [2.05, 4.69) is 10.3 Å². The summed E-state index contributed by atoms with van der Waals surface area (Å²) >= 11 is 0. The first-order valence-electron chi connectivity index (χ1n) is 11.4. The molecule has 178 valence electrons. The zero-order valence-corrected chi connectivity index (χ0v) is 19.3. The molecule has 0 fully saturated rings. The van der Waals surface area contributed by atoms with Crippen LogP contribution in [0.2, 0.25) is 0 Å². The predicted octanol–water partition coefficient (Wildman–Crippen LogP) is 4.22. The number of hydrogen-bond acceptors (Lipinski definition) is 6. The van der Waals surface area contributed by atoms with Crippen LogP contribution in [0, 0.1) is 5.92 Å². The zero-order valence-electron chi connectivity index (χ0n) is 19.3. The third-order valence-corrected chi connectivity index (χ3v) is 5.81. The first-order chi connectivity index (χ1) is 17.0. The molecule has 0 amide bonds. The van der Waals surface area contributed by atoms with Crippen LogP contribution in [-0.4, -0.2) is 38.5 Å². The van der Waals surface area contributed by atoms with Gasteiger partial charge < -0.3 is 9.84 Å². The summed E-state index contributed by atoms with van der Waals surface area (Å²) in [6.45, 7) is 2.58. The normalized spacial score (nSPS) is 11.8. The average Bonchev–Trinajstić information content (AvgIpc) is 2.88. The van der Waals surface area contributed by atoms with E-state index in [1.165, 1.54) is 0 Å². The highest BCUT2D eigenvalue weighted by atomic mass is 16.5. The van der Waals surface area contributed by atoms with Crippen molar-refractivity contribution in [1.82, 2.24) is 15.0 Å². The molecule has 0 spiro atoms. The average molecular weight is 472 g/mol. The Kier molecular flexibility index (Phi) is 7.30.